The quantitative estimate of drug-likeness (QED) is 0.843. The van der Waals surface area contributed by atoms with Crippen LogP contribution in [0, 0.1) is 0 Å². The maximum atomic E-state index is 12.4. The van der Waals surface area contributed by atoms with Crippen molar-refractivity contribution in [2.45, 2.75) is 18.0 Å². The van der Waals surface area contributed by atoms with Crippen LogP contribution in [0.2, 0.25) is 5.02 Å². The highest BCUT2D eigenvalue weighted by Gasteiger charge is 2.22. The second kappa shape index (κ2) is 6.48. The SMILES string of the molecule is COc1c(CN)cc(Cl)cc1S(=O)(=O)NCc1ccoc1. The lowest BCUT2D eigenvalue weighted by molar-refractivity contribution is 0.397. The van der Waals surface area contributed by atoms with Gasteiger partial charge in [-0.3, -0.25) is 0 Å². The number of benzene rings is 1. The molecule has 0 amide bonds. The van der Waals surface area contributed by atoms with Crippen molar-refractivity contribution in [3.63, 3.8) is 0 Å². The summed E-state index contributed by atoms with van der Waals surface area (Å²) < 4.78 is 37.3. The Bertz CT molecular complexity index is 714. The van der Waals surface area contributed by atoms with Crippen molar-refractivity contribution in [3.05, 3.63) is 46.9 Å². The fourth-order valence-electron chi connectivity index (χ4n) is 1.85. The second-order valence-electron chi connectivity index (χ2n) is 4.26. The van der Waals surface area contributed by atoms with E-state index in [0.717, 1.165) is 0 Å². The van der Waals surface area contributed by atoms with Crippen molar-refractivity contribution in [3.8, 4) is 5.75 Å². The van der Waals surface area contributed by atoms with Gasteiger partial charge in [-0.2, -0.15) is 0 Å². The van der Waals surface area contributed by atoms with Gasteiger partial charge in [0.1, 0.15) is 10.6 Å². The fraction of sp³-hybridized carbons (Fsp3) is 0.231. The van der Waals surface area contributed by atoms with Crippen LogP contribution in [-0.4, -0.2) is 15.5 Å². The van der Waals surface area contributed by atoms with Gasteiger partial charge in [-0.25, -0.2) is 13.1 Å². The summed E-state index contributed by atoms with van der Waals surface area (Å²) in [6.07, 6.45) is 2.93. The minimum Gasteiger partial charge on any atom is -0.495 e. The molecule has 2 rings (SSSR count). The van der Waals surface area contributed by atoms with Crippen molar-refractivity contribution in [2.75, 3.05) is 7.11 Å². The lowest BCUT2D eigenvalue weighted by Crippen LogP contribution is -2.24. The summed E-state index contributed by atoms with van der Waals surface area (Å²) in [7, 11) is -2.40. The van der Waals surface area contributed by atoms with E-state index in [9.17, 15) is 8.42 Å². The van der Waals surface area contributed by atoms with Crippen LogP contribution in [0.3, 0.4) is 0 Å². The molecule has 0 aliphatic heterocycles. The zero-order valence-corrected chi connectivity index (χ0v) is 12.9. The van der Waals surface area contributed by atoms with Crippen molar-refractivity contribution in [2.24, 2.45) is 5.73 Å². The molecule has 3 N–H and O–H groups in total. The van der Waals surface area contributed by atoms with Gasteiger partial charge in [-0.1, -0.05) is 11.6 Å². The average molecular weight is 331 g/mol. The number of halogens is 1. The molecule has 0 aliphatic rings. The summed E-state index contributed by atoms with van der Waals surface area (Å²) in [5.74, 6) is 0.196. The molecule has 0 atom stereocenters. The Morgan fingerprint density at radius 2 is 2.19 bits per heavy atom. The molecule has 2 aromatic rings. The van der Waals surface area contributed by atoms with Gasteiger partial charge in [0.15, 0.2) is 0 Å². The number of rotatable bonds is 6. The molecule has 0 radical (unpaired) electrons. The normalized spacial score (nSPS) is 11.6. The van der Waals surface area contributed by atoms with Crippen LogP contribution in [0.4, 0.5) is 0 Å². The standard InChI is InChI=1S/C13H15ClN2O4S/c1-19-13-10(6-15)4-11(14)5-12(13)21(17,18)16-7-9-2-3-20-8-9/h2-5,8,16H,6-7,15H2,1H3. The molecule has 0 spiro atoms. The molecule has 8 heteroatoms. The van der Waals surface area contributed by atoms with Crippen LogP contribution < -0.4 is 15.2 Å². The highest BCUT2D eigenvalue weighted by molar-refractivity contribution is 7.89. The lowest BCUT2D eigenvalue weighted by atomic mass is 10.2. The first-order valence-corrected chi connectivity index (χ1v) is 7.91. The number of sulfonamides is 1. The smallest absolute Gasteiger partial charge is 0.244 e. The zero-order valence-electron chi connectivity index (χ0n) is 11.3. The van der Waals surface area contributed by atoms with Gasteiger partial charge in [-0.15, -0.1) is 0 Å². The van der Waals surface area contributed by atoms with E-state index in [0.29, 0.717) is 11.1 Å². The predicted octanol–water partition coefficient (Wildman–Crippen LogP) is 1.88. The minimum absolute atomic E-state index is 0.0403. The maximum absolute atomic E-state index is 12.4. The third-order valence-corrected chi connectivity index (χ3v) is 4.48. The number of hydrogen-bond donors (Lipinski definition) is 2. The number of furan rings is 1. The largest absolute Gasteiger partial charge is 0.495 e. The van der Waals surface area contributed by atoms with Crippen LogP contribution in [0.5, 0.6) is 5.75 Å². The molecule has 0 saturated carbocycles. The molecule has 1 aromatic heterocycles. The minimum atomic E-state index is -3.79. The number of ether oxygens (including phenoxy) is 1. The zero-order chi connectivity index (χ0) is 15.5. The van der Waals surface area contributed by atoms with Gasteiger partial charge < -0.3 is 14.9 Å². The molecule has 0 aliphatic carbocycles. The van der Waals surface area contributed by atoms with Crippen LogP contribution in [0.1, 0.15) is 11.1 Å². The molecule has 1 aromatic carbocycles. The van der Waals surface area contributed by atoms with E-state index in [4.69, 9.17) is 26.5 Å². The summed E-state index contributed by atoms with van der Waals surface area (Å²) >= 11 is 5.95. The Balaban J connectivity index is 2.36. The Labute approximate surface area is 127 Å². The number of methoxy groups -OCH3 is 1. The van der Waals surface area contributed by atoms with Crippen molar-refractivity contribution >= 4 is 21.6 Å². The van der Waals surface area contributed by atoms with Gasteiger partial charge in [0.25, 0.3) is 0 Å². The topological polar surface area (TPSA) is 94.6 Å². The van der Waals surface area contributed by atoms with Crippen molar-refractivity contribution in [1.82, 2.24) is 4.72 Å². The lowest BCUT2D eigenvalue weighted by Gasteiger charge is -2.14. The summed E-state index contributed by atoms with van der Waals surface area (Å²) in [5.41, 5.74) is 6.82. The Morgan fingerprint density at radius 3 is 2.76 bits per heavy atom. The predicted molar refractivity (Wildman–Crippen MR) is 78.6 cm³/mol. The fourth-order valence-corrected chi connectivity index (χ4v) is 3.41. The summed E-state index contributed by atoms with van der Waals surface area (Å²) in [4.78, 5) is -0.0403. The Morgan fingerprint density at radius 1 is 1.43 bits per heavy atom. The van der Waals surface area contributed by atoms with E-state index in [-0.39, 0.29) is 28.8 Å². The molecular weight excluding hydrogens is 316 g/mol. The van der Waals surface area contributed by atoms with E-state index in [1.807, 2.05) is 0 Å². The van der Waals surface area contributed by atoms with Gasteiger partial charge in [0.2, 0.25) is 10.0 Å². The van der Waals surface area contributed by atoms with Gasteiger partial charge in [0.05, 0.1) is 19.6 Å². The third-order valence-electron chi connectivity index (χ3n) is 2.86. The molecule has 0 fully saturated rings. The molecule has 0 saturated heterocycles. The van der Waals surface area contributed by atoms with E-state index in [1.54, 1.807) is 12.1 Å². The van der Waals surface area contributed by atoms with E-state index in [1.165, 1.54) is 25.7 Å². The van der Waals surface area contributed by atoms with E-state index in [2.05, 4.69) is 4.72 Å². The second-order valence-corrected chi connectivity index (χ2v) is 6.43. The van der Waals surface area contributed by atoms with Gasteiger partial charge >= 0.3 is 0 Å². The molecule has 114 valence electrons. The first-order chi connectivity index (χ1) is 9.97. The monoisotopic (exact) mass is 330 g/mol. The summed E-state index contributed by atoms with van der Waals surface area (Å²) in [5, 5.41) is 0.278. The molecule has 21 heavy (non-hydrogen) atoms. The number of nitrogens with one attached hydrogen (secondary N) is 1. The van der Waals surface area contributed by atoms with Crippen LogP contribution in [-0.2, 0) is 23.1 Å². The molecule has 0 unspecified atom stereocenters. The highest BCUT2D eigenvalue weighted by Crippen LogP contribution is 2.31. The van der Waals surface area contributed by atoms with Gasteiger partial charge in [-0.05, 0) is 18.2 Å². The van der Waals surface area contributed by atoms with Crippen molar-refractivity contribution < 1.29 is 17.6 Å². The Hall–Kier alpha value is -1.54. The average Bonchev–Trinajstić information content (AvgIpc) is 2.97. The molecule has 6 nitrogen and oxygen atoms in total. The highest BCUT2D eigenvalue weighted by atomic mass is 35.5. The summed E-state index contributed by atoms with van der Waals surface area (Å²) in [6.45, 7) is 0.223. The van der Waals surface area contributed by atoms with Gasteiger partial charge in [0, 0.05) is 29.2 Å². The molecule has 1 heterocycles. The first kappa shape index (κ1) is 15.8. The van der Waals surface area contributed by atoms with Crippen LogP contribution in [0.25, 0.3) is 0 Å². The van der Waals surface area contributed by atoms with E-state index < -0.39 is 10.0 Å². The molecular formula is C13H15ClN2O4S. The van der Waals surface area contributed by atoms with E-state index >= 15 is 0 Å². The maximum Gasteiger partial charge on any atom is 0.244 e. The third kappa shape index (κ3) is 3.56. The number of nitrogens with two attached hydrogens (primary N) is 1. The van der Waals surface area contributed by atoms with Crippen LogP contribution >= 0.6 is 11.6 Å². The summed E-state index contributed by atoms with van der Waals surface area (Å²) in [6, 6.07) is 4.58. The first-order valence-electron chi connectivity index (χ1n) is 6.05. The molecule has 0 bridgehead atoms. The van der Waals surface area contributed by atoms with Crippen molar-refractivity contribution in [1.29, 1.82) is 0 Å². The number of hydrogen-bond acceptors (Lipinski definition) is 5. The Kier molecular flexibility index (Phi) is 4.89. The van der Waals surface area contributed by atoms with Crippen LogP contribution in [0.15, 0.2) is 40.0 Å².